The van der Waals surface area contributed by atoms with Crippen LogP contribution in [0.4, 0.5) is 5.95 Å². The molecule has 5 rings (SSSR count). The zero-order valence-electron chi connectivity index (χ0n) is 17.3. The van der Waals surface area contributed by atoms with Gasteiger partial charge in [-0.1, -0.05) is 11.8 Å². The molecule has 1 atom stereocenters. The minimum Gasteiger partial charge on any atom is -0.497 e. The number of piperidine rings is 1. The fraction of sp³-hybridized carbons (Fsp3) is 0.524. The van der Waals surface area contributed by atoms with Crippen molar-refractivity contribution >= 4 is 17.7 Å². The first-order chi connectivity index (χ1) is 14.7. The van der Waals surface area contributed by atoms with Crippen LogP contribution < -0.4 is 9.64 Å². The molecule has 3 aromatic rings. The van der Waals surface area contributed by atoms with Crippen molar-refractivity contribution in [3.63, 3.8) is 0 Å². The van der Waals surface area contributed by atoms with Crippen molar-refractivity contribution in [2.75, 3.05) is 25.1 Å². The Morgan fingerprint density at radius 3 is 2.50 bits per heavy atom. The van der Waals surface area contributed by atoms with Crippen molar-refractivity contribution in [3.8, 4) is 17.2 Å². The molecule has 0 N–H and O–H groups in total. The van der Waals surface area contributed by atoms with E-state index in [2.05, 4.69) is 36.8 Å². The molecule has 2 fully saturated rings. The van der Waals surface area contributed by atoms with E-state index in [4.69, 9.17) is 9.15 Å². The summed E-state index contributed by atoms with van der Waals surface area (Å²) in [7, 11) is 1.65. The van der Waals surface area contributed by atoms with Gasteiger partial charge in [0.1, 0.15) is 5.75 Å². The van der Waals surface area contributed by atoms with Gasteiger partial charge in [0.15, 0.2) is 5.16 Å². The minimum atomic E-state index is -0.0135. The number of thioether (sulfide) groups is 1. The Morgan fingerprint density at radius 1 is 1.03 bits per heavy atom. The lowest BCUT2D eigenvalue weighted by Crippen LogP contribution is -2.31. The van der Waals surface area contributed by atoms with Crippen LogP contribution in [-0.4, -0.2) is 45.2 Å². The summed E-state index contributed by atoms with van der Waals surface area (Å²) in [4.78, 5) is 2.39. The number of aromatic nitrogens is 5. The van der Waals surface area contributed by atoms with Gasteiger partial charge >= 0.3 is 0 Å². The summed E-state index contributed by atoms with van der Waals surface area (Å²) in [5.74, 6) is 2.93. The van der Waals surface area contributed by atoms with Crippen LogP contribution in [0.1, 0.15) is 56.2 Å². The smallest absolute Gasteiger partial charge is 0.247 e. The van der Waals surface area contributed by atoms with Crippen LogP contribution in [0.25, 0.3) is 11.5 Å². The first-order valence-corrected chi connectivity index (χ1v) is 11.4. The highest BCUT2D eigenvalue weighted by Gasteiger charge is 2.33. The van der Waals surface area contributed by atoms with Crippen LogP contribution in [0.2, 0.25) is 0 Å². The number of benzene rings is 1. The first-order valence-electron chi connectivity index (χ1n) is 10.6. The van der Waals surface area contributed by atoms with Gasteiger partial charge in [0.25, 0.3) is 0 Å². The molecule has 0 amide bonds. The van der Waals surface area contributed by atoms with E-state index in [1.165, 1.54) is 32.1 Å². The van der Waals surface area contributed by atoms with Gasteiger partial charge in [-0.3, -0.25) is 4.57 Å². The third-order valence-corrected chi connectivity index (χ3v) is 6.65. The number of methoxy groups -OCH3 is 1. The number of hydrogen-bond donors (Lipinski definition) is 0. The third kappa shape index (κ3) is 3.90. The normalized spacial score (nSPS) is 17.9. The molecule has 1 unspecified atom stereocenters. The van der Waals surface area contributed by atoms with Crippen LogP contribution >= 0.6 is 11.8 Å². The van der Waals surface area contributed by atoms with E-state index in [1.807, 2.05) is 24.3 Å². The molecule has 1 saturated carbocycles. The molecule has 1 aromatic carbocycles. The van der Waals surface area contributed by atoms with Crippen LogP contribution in [0.3, 0.4) is 0 Å². The van der Waals surface area contributed by atoms with Crippen LogP contribution in [0.15, 0.2) is 33.8 Å². The predicted octanol–water partition coefficient (Wildman–Crippen LogP) is 4.52. The number of rotatable bonds is 7. The van der Waals surface area contributed by atoms with E-state index < -0.39 is 0 Å². The molecule has 0 bridgehead atoms. The highest BCUT2D eigenvalue weighted by molar-refractivity contribution is 7.99. The van der Waals surface area contributed by atoms with E-state index in [0.29, 0.717) is 17.8 Å². The summed E-state index contributed by atoms with van der Waals surface area (Å²) in [6, 6.07) is 8.13. The molecule has 2 aliphatic rings. The van der Waals surface area contributed by atoms with E-state index >= 15 is 0 Å². The van der Waals surface area contributed by atoms with Crippen molar-refractivity contribution in [2.24, 2.45) is 0 Å². The maximum atomic E-state index is 5.96. The zero-order chi connectivity index (χ0) is 20.5. The highest BCUT2D eigenvalue weighted by Crippen LogP contribution is 2.44. The van der Waals surface area contributed by atoms with Gasteiger partial charge in [0.2, 0.25) is 17.7 Å². The van der Waals surface area contributed by atoms with Crippen molar-refractivity contribution in [3.05, 3.63) is 30.2 Å². The number of nitrogens with zero attached hydrogens (tertiary/aromatic N) is 6. The zero-order valence-corrected chi connectivity index (χ0v) is 18.1. The van der Waals surface area contributed by atoms with E-state index in [0.717, 1.165) is 35.5 Å². The van der Waals surface area contributed by atoms with Gasteiger partial charge < -0.3 is 14.1 Å². The molecule has 2 aromatic heterocycles. The van der Waals surface area contributed by atoms with Crippen LogP contribution in [0, 0.1) is 0 Å². The largest absolute Gasteiger partial charge is 0.497 e. The molecule has 30 heavy (non-hydrogen) atoms. The molecule has 3 heterocycles. The maximum Gasteiger partial charge on any atom is 0.247 e. The topological polar surface area (TPSA) is 82.1 Å². The molecule has 1 aliphatic heterocycles. The molecular weight excluding hydrogens is 400 g/mol. The Morgan fingerprint density at radius 2 is 1.80 bits per heavy atom. The van der Waals surface area contributed by atoms with Crippen molar-refractivity contribution in [1.29, 1.82) is 0 Å². The van der Waals surface area contributed by atoms with Crippen LogP contribution in [-0.2, 0) is 0 Å². The first kappa shape index (κ1) is 19.4. The van der Waals surface area contributed by atoms with Gasteiger partial charge in [-0.15, -0.1) is 20.4 Å². The van der Waals surface area contributed by atoms with Gasteiger partial charge in [-0.2, -0.15) is 0 Å². The highest BCUT2D eigenvalue weighted by atomic mass is 32.2. The van der Waals surface area contributed by atoms with Crippen LogP contribution in [0.5, 0.6) is 5.75 Å². The Balaban J connectivity index is 1.33. The average Bonchev–Trinajstić information content (AvgIpc) is 3.34. The number of ether oxygens (including phenoxy) is 1. The second-order valence-electron chi connectivity index (χ2n) is 7.87. The van der Waals surface area contributed by atoms with Gasteiger partial charge in [0.05, 0.1) is 12.4 Å². The fourth-order valence-corrected chi connectivity index (χ4v) is 4.71. The molecule has 0 spiro atoms. The lowest BCUT2D eigenvalue weighted by molar-refractivity contribution is 0.415. The van der Waals surface area contributed by atoms with E-state index in [1.54, 1.807) is 18.9 Å². The molecule has 0 radical (unpaired) electrons. The number of hydrogen-bond acceptors (Lipinski definition) is 8. The monoisotopic (exact) mass is 426 g/mol. The maximum absolute atomic E-state index is 5.96. The summed E-state index contributed by atoms with van der Waals surface area (Å²) in [6.07, 6.45) is 6.16. The quantitative estimate of drug-likeness (QED) is 0.510. The van der Waals surface area contributed by atoms with Gasteiger partial charge in [-0.25, -0.2) is 0 Å². The lowest BCUT2D eigenvalue weighted by atomic mass is 10.1. The summed E-state index contributed by atoms with van der Waals surface area (Å²) >= 11 is 1.64. The SMILES string of the molecule is COc1ccc(-c2nnc(C(C)Sc3nnc(N4CCCCC4)n3C3CC3)o2)cc1. The second-order valence-corrected chi connectivity index (χ2v) is 9.17. The Labute approximate surface area is 180 Å². The predicted molar refractivity (Wildman–Crippen MR) is 115 cm³/mol. The molecular formula is C21H26N6O2S. The summed E-state index contributed by atoms with van der Waals surface area (Å²) in [5, 5.41) is 18.5. The summed E-state index contributed by atoms with van der Waals surface area (Å²) in [5.41, 5.74) is 0.875. The van der Waals surface area contributed by atoms with Crippen molar-refractivity contribution in [2.45, 2.75) is 55.5 Å². The Kier molecular flexibility index (Phi) is 5.37. The van der Waals surface area contributed by atoms with E-state index in [9.17, 15) is 0 Å². The molecule has 158 valence electrons. The summed E-state index contributed by atoms with van der Waals surface area (Å²) < 4.78 is 13.5. The average molecular weight is 427 g/mol. The fourth-order valence-electron chi connectivity index (χ4n) is 3.77. The van der Waals surface area contributed by atoms with Crippen molar-refractivity contribution < 1.29 is 9.15 Å². The second kappa shape index (κ2) is 8.29. The molecule has 8 nitrogen and oxygen atoms in total. The van der Waals surface area contributed by atoms with E-state index in [-0.39, 0.29) is 5.25 Å². The van der Waals surface area contributed by atoms with Gasteiger partial charge in [-0.05, 0) is 63.3 Å². The minimum absolute atomic E-state index is 0.0135. The summed E-state index contributed by atoms with van der Waals surface area (Å²) in [6.45, 7) is 4.21. The van der Waals surface area contributed by atoms with Crippen molar-refractivity contribution in [1.82, 2.24) is 25.0 Å². The van der Waals surface area contributed by atoms with Gasteiger partial charge in [0, 0.05) is 24.7 Å². The Bertz CT molecular complexity index is 991. The third-order valence-electron chi connectivity index (χ3n) is 5.61. The Hall–Kier alpha value is -2.55. The molecule has 1 saturated heterocycles. The number of anilines is 1. The standard InChI is InChI=1S/C21H26N6O2S/c1-14(18-22-23-19(29-18)15-6-10-17(28-2)11-7-15)30-21-25-24-20(27(21)16-8-9-16)26-12-4-3-5-13-26/h6-7,10-11,14,16H,3-5,8-9,12-13H2,1-2H3. The molecule has 1 aliphatic carbocycles. The lowest BCUT2D eigenvalue weighted by Gasteiger charge is -2.27. The molecule has 9 heteroatoms.